The molecular formula is C16H17ClN2O2. The van der Waals surface area contributed by atoms with E-state index in [1.54, 1.807) is 19.5 Å². The second-order valence-corrected chi connectivity index (χ2v) is 5.76. The van der Waals surface area contributed by atoms with Gasteiger partial charge in [-0.15, -0.1) is 0 Å². The molecule has 1 aliphatic carbocycles. The van der Waals surface area contributed by atoms with Crippen LogP contribution in [-0.2, 0) is 16.1 Å². The number of carbonyl (C=O) groups excluding carboxylic acids is 1. The SMILES string of the molecule is COCc1cncc(N2CCC3=CC(Cl)=CCC3C2=O)c1. The predicted octanol–water partition coefficient (Wildman–Crippen LogP) is 3.03. The number of halogens is 1. The third-order valence-corrected chi connectivity index (χ3v) is 4.17. The molecule has 0 saturated carbocycles. The Balaban J connectivity index is 1.83. The van der Waals surface area contributed by atoms with Crippen molar-refractivity contribution >= 4 is 23.2 Å². The summed E-state index contributed by atoms with van der Waals surface area (Å²) in [7, 11) is 1.65. The van der Waals surface area contributed by atoms with Gasteiger partial charge in [0.05, 0.1) is 24.4 Å². The molecule has 1 aromatic heterocycles. The minimum atomic E-state index is -0.0765. The molecule has 0 spiro atoms. The molecule has 5 heteroatoms. The zero-order chi connectivity index (χ0) is 14.8. The summed E-state index contributed by atoms with van der Waals surface area (Å²) >= 11 is 6.03. The van der Waals surface area contributed by atoms with Crippen LogP contribution in [0.2, 0.25) is 0 Å². The number of piperidine rings is 1. The van der Waals surface area contributed by atoms with Gasteiger partial charge in [-0.2, -0.15) is 0 Å². The fraction of sp³-hybridized carbons (Fsp3) is 0.375. The number of aromatic nitrogens is 1. The number of amides is 1. The van der Waals surface area contributed by atoms with Gasteiger partial charge in [-0.05, 0) is 30.5 Å². The van der Waals surface area contributed by atoms with Crippen LogP contribution in [0.15, 0.2) is 41.2 Å². The standard InChI is InChI=1S/C16H17ClN2O2/c1-21-10-11-6-14(9-18-8-11)19-5-4-12-7-13(17)2-3-15(12)16(19)20/h2,6-9,15H,3-5,10H2,1H3. The van der Waals surface area contributed by atoms with E-state index in [1.807, 2.05) is 23.1 Å². The summed E-state index contributed by atoms with van der Waals surface area (Å²) < 4.78 is 5.12. The van der Waals surface area contributed by atoms with E-state index in [0.717, 1.165) is 28.3 Å². The first-order valence-electron chi connectivity index (χ1n) is 6.99. The van der Waals surface area contributed by atoms with Crippen LogP contribution in [0.25, 0.3) is 0 Å². The molecule has 1 atom stereocenters. The van der Waals surface area contributed by atoms with E-state index in [9.17, 15) is 4.79 Å². The Morgan fingerprint density at radius 3 is 3.14 bits per heavy atom. The predicted molar refractivity (Wildman–Crippen MR) is 82.0 cm³/mol. The number of nitrogens with zero attached hydrogens (tertiary/aromatic N) is 2. The van der Waals surface area contributed by atoms with Gasteiger partial charge in [-0.1, -0.05) is 23.3 Å². The highest BCUT2D eigenvalue weighted by Crippen LogP contribution is 2.35. The zero-order valence-corrected chi connectivity index (χ0v) is 12.6. The van der Waals surface area contributed by atoms with Crippen LogP contribution in [-0.4, -0.2) is 24.5 Å². The number of carbonyl (C=O) groups is 1. The molecule has 1 unspecified atom stereocenters. The van der Waals surface area contributed by atoms with Gasteiger partial charge in [-0.25, -0.2) is 0 Å². The van der Waals surface area contributed by atoms with Gasteiger partial charge in [0.15, 0.2) is 0 Å². The highest BCUT2D eigenvalue weighted by atomic mass is 35.5. The first kappa shape index (κ1) is 14.3. The molecule has 110 valence electrons. The molecule has 1 fully saturated rings. The summed E-state index contributed by atoms with van der Waals surface area (Å²) in [4.78, 5) is 18.7. The summed E-state index contributed by atoms with van der Waals surface area (Å²) in [6.45, 7) is 1.17. The lowest BCUT2D eigenvalue weighted by Crippen LogP contribution is -2.43. The molecule has 21 heavy (non-hydrogen) atoms. The average Bonchev–Trinajstić information content (AvgIpc) is 2.48. The van der Waals surface area contributed by atoms with Gasteiger partial charge in [0.2, 0.25) is 5.91 Å². The molecule has 3 rings (SSSR count). The molecule has 0 aromatic carbocycles. The molecule has 2 heterocycles. The third-order valence-electron chi connectivity index (χ3n) is 3.91. The van der Waals surface area contributed by atoms with Gasteiger partial charge in [-0.3, -0.25) is 9.78 Å². The molecule has 0 N–H and O–H groups in total. The quantitative estimate of drug-likeness (QED) is 0.862. The molecule has 2 aliphatic rings. The number of allylic oxidation sites excluding steroid dienone is 3. The van der Waals surface area contributed by atoms with E-state index in [1.165, 1.54) is 0 Å². The van der Waals surface area contributed by atoms with Crippen LogP contribution < -0.4 is 4.90 Å². The minimum absolute atomic E-state index is 0.0765. The van der Waals surface area contributed by atoms with Crippen molar-refractivity contribution in [3.8, 4) is 0 Å². The molecule has 4 nitrogen and oxygen atoms in total. The van der Waals surface area contributed by atoms with Crippen molar-refractivity contribution in [3.05, 3.63) is 46.8 Å². The van der Waals surface area contributed by atoms with Crippen molar-refractivity contribution in [2.24, 2.45) is 5.92 Å². The summed E-state index contributed by atoms with van der Waals surface area (Å²) in [6, 6.07) is 1.97. The Kier molecular flexibility index (Phi) is 4.08. The van der Waals surface area contributed by atoms with Crippen molar-refractivity contribution in [3.63, 3.8) is 0 Å². The smallest absolute Gasteiger partial charge is 0.234 e. The Morgan fingerprint density at radius 1 is 1.48 bits per heavy atom. The van der Waals surface area contributed by atoms with Crippen LogP contribution in [0.1, 0.15) is 18.4 Å². The van der Waals surface area contributed by atoms with Crippen LogP contribution in [0.5, 0.6) is 0 Å². The molecular weight excluding hydrogens is 288 g/mol. The minimum Gasteiger partial charge on any atom is -0.380 e. The van der Waals surface area contributed by atoms with E-state index in [0.29, 0.717) is 19.6 Å². The molecule has 0 radical (unpaired) electrons. The first-order valence-corrected chi connectivity index (χ1v) is 7.37. The van der Waals surface area contributed by atoms with E-state index < -0.39 is 0 Å². The maximum atomic E-state index is 12.7. The summed E-state index contributed by atoms with van der Waals surface area (Å²) in [5.41, 5.74) is 2.95. The van der Waals surface area contributed by atoms with Crippen LogP contribution in [0.4, 0.5) is 5.69 Å². The van der Waals surface area contributed by atoms with Crippen LogP contribution in [0, 0.1) is 5.92 Å². The highest BCUT2D eigenvalue weighted by molar-refractivity contribution is 6.31. The fourth-order valence-corrected chi connectivity index (χ4v) is 3.12. The Hall–Kier alpha value is -1.65. The van der Waals surface area contributed by atoms with Crippen molar-refractivity contribution in [1.29, 1.82) is 0 Å². The Labute approximate surface area is 129 Å². The largest absolute Gasteiger partial charge is 0.380 e. The Bertz CT molecular complexity index is 624. The second kappa shape index (κ2) is 6.00. The van der Waals surface area contributed by atoms with Crippen LogP contribution >= 0.6 is 11.6 Å². The molecule has 1 aliphatic heterocycles. The van der Waals surface area contributed by atoms with Gasteiger partial charge < -0.3 is 9.64 Å². The van der Waals surface area contributed by atoms with Gasteiger partial charge in [0, 0.05) is 24.9 Å². The lowest BCUT2D eigenvalue weighted by atomic mass is 9.85. The zero-order valence-electron chi connectivity index (χ0n) is 11.9. The molecule has 0 bridgehead atoms. The summed E-state index contributed by atoms with van der Waals surface area (Å²) in [5.74, 6) is 0.0524. The molecule has 1 aromatic rings. The number of hydrogen-bond donors (Lipinski definition) is 0. The highest BCUT2D eigenvalue weighted by Gasteiger charge is 2.34. The third kappa shape index (κ3) is 2.87. The van der Waals surface area contributed by atoms with E-state index in [-0.39, 0.29) is 11.8 Å². The van der Waals surface area contributed by atoms with Gasteiger partial charge >= 0.3 is 0 Å². The van der Waals surface area contributed by atoms with Gasteiger partial charge in [0.1, 0.15) is 0 Å². The van der Waals surface area contributed by atoms with E-state index in [4.69, 9.17) is 16.3 Å². The van der Waals surface area contributed by atoms with Crippen molar-refractivity contribution < 1.29 is 9.53 Å². The maximum absolute atomic E-state index is 12.7. The van der Waals surface area contributed by atoms with Crippen molar-refractivity contribution in [2.75, 3.05) is 18.6 Å². The Morgan fingerprint density at radius 2 is 2.33 bits per heavy atom. The number of rotatable bonds is 3. The monoisotopic (exact) mass is 304 g/mol. The van der Waals surface area contributed by atoms with E-state index in [2.05, 4.69) is 4.98 Å². The average molecular weight is 305 g/mol. The van der Waals surface area contributed by atoms with Crippen molar-refractivity contribution in [1.82, 2.24) is 4.98 Å². The first-order chi connectivity index (χ1) is 10.2. The second-order valence-electron chi connectivity index (χ2n) is 5.32. The molecule has 1 saturated heterocycles. The summed E-state index contributed by atoms with van der Waals surface area (Å²) in [5, 5.41) is 0.742. The lowest BCUT2D eigenvalue weighted by molar-refractivity contribution is -0.122. The number of pyridine rings is 1. The fourth-order valence-electron chi connectivity index (χ4n) is 2.89. The van der Waals surface area contributed by atoms with E-state index >= 15 is 0 Å². The number of anilines is 1. The number of ether oxygens (including phenoxy) is 1. The topological polar surface area (TPSA) is 42.4 Å². The number of hydrogen-bond acceptors (Lipinski definition) is 3. The maximum Gasteiger partial charge on any atom is 0.234 e. The summed E-state index contributed by atoms with van der Waals surface area (Å²) in [6.07, 6.45) is 8.88. The number of fused-ring (bicyclic) bond motifs is 1. The lowest BCUT2D eigenvalue weighted by Gasteiger charge is -2.35. The molecule has 1 amide bonds. The van der Waals surface area contributed by atoms with Gasteiger partial charge in [0.25, 0.3) is 0 Å². The number of methoxy groups -OCH3 is 1. The van der Waals surface area contributed by atoms with Crippen molar-refractivity contribution in [2.45, 2.75) is 19.4 Å². The normalized spacial score (nSPS) is 21.7. The van der Waals surface area contributed by atoms with Crippen LogP contribution in [0.3, 0.4) is 0 Å².